The molecular weight excluding hydrogens is 343 g/mol. The van der Waals surface area contributed by atoms with Crippen molar-refractivity contribution in [2.24, 2.45) is 5.92 Å². The zero-order valence-corrected chi connectivity index (χ0v) is 13.0. The van der Waals surface area contributed by atoms with Gasteiger partial charge in [-0.3, -0.25) is 4.79 Å². The van der Waals surface area contributed by atoms with Crippen molar-refractivity contribution in [2.75, 3.05) is 13.2 Å². The van der Waals surface area contributed by atoms with E-state index in [1.165, 1.54) is 0 Å². The van der Waals surface area contributed by atoms with Crippen molar-refractivity contribution in [1.82, 2.24) is 5.32 Å². The summed E-state index contributed by atoms with van der Waals surface area (Å²) < 4.78 is 48.0. The molecule has 0 aromatic heterocycles. The quantitative estimate of drug-likeness (QED) is 0.841. The molecule has 1 aliphatic carbocycles. The summed E-state index contributed by atoms with van der Waals surface area (Å²) in [5.74, 6) is -1.93. The summed E-state index contributed by atoms with van der Waals surface area (Å²) in [7, 11) is 0. The molecule has 2 N–H and O–H groups in total. The summed E-state index contributed by atoms with van der Waals surface area (Å²) in [4.78, 5) is 23.0. The summed E-state index contributed by atoms with van der Waals surface area (Å²) in [5.41, 5.74) is 0.812. The lowest BCUT2D eigenvalue weighted by Crippen LogP contribution is -2.44. The highest BCUT2D eigenvalue weighted by Crippen LogP contribution is 2.49. The average Bonchev–Trinajstić information content (AvgIpc) is 3.33. The predicted molar refractivity (Wildman–Crippen MR) is 78.5 cm³/mol. The number of ether oxygens (including phenoxy) is 2. The number of carboxylic acids is 1. The molecule has 1 aromatic rings. The van der Waals surface area contributed by atoms with Crippen LogP contribution in [0.15, 0.2) is 18.2 Å². The number of fused-ring (bicyclic) bond motifs is 1. The first kappa shape index (κ1) is 17.4. The molecule has 0 bridgehead atoms. The van der Waals surface area contributed by atoms with E-state index < -0.39 is 36.4 Å². The largest absolute Gasteiger partial charge is 0.486 e. The summed E-state index contributed by atoms with van der Waals surface area (Å²) in [6.45, 7) is 0.874. The lowest BCUT2D eigenvalue weighted by molar-refractivity contribution is -0.160. The van der Waals surface area contributed by atoms with E-state index in [4.69, 9.17) is 14.6 Å². The topological polar surface area (TPSA) is 84.9 Å². The van der Waals surface area contributed by atoms with Gasteiger partial charge >= 0.3 is 12.1 Å². The van der Waals surface area contributed by atoms with E-state index in [1.54, 1.807) is 18.2 Å². The Labute approximate surface area is 140 Å². The standard InChI is InChI=1S/C16H16F3NO5/c17-16(18,19)7-11(15(22)23)20-14(21)10-6-9(10)8-1-2-12-13(5-8)25-4-3-24-12/h1-2,5,9-11H,3-4,6-7H2,(H,20,21)(H,22,23). The highest BCUT2D eigenvalue weighted by Gasteiger charge is 2.46. The second-order valence-corrected chi connectivity index (χ2v) is 6.07. The fourth-order valence-corrected chi connectivity index (χ4v) is 2.85. The van der Waals surface area contributed by atoms with Crippen LogP contribution in [0.5, 0.6) is 11.5 Å². The van der Waals surface area contributed by atoms with E-state index in [2.05, 4.69) is 0 Å². The molecule has 1 amide bonds. The molecule has 0 spiro atoms. The Morgan fingerprint density at radius 3 is 2.56 bits per heavy atom. The maximum absolute atomic E-state index is 12.4. The number of aliphatic carboxylic acids is 1. The second kappa shape index (κ2) is 6.45. The highest BCUT2D eigenvalue weighted by atomic mass is 19.4. The molecule has 1 aliphatic heterocycles. The van der Waals surface area contributed by atoms with E-state index in [-0.39, 0.29) is 5.92 Å². The van der Waals surface area contributed by atoms with Crippen molar-refractivity contribution in [3.05, 3.63) is 23.8 Å². The molecule has 0 saturated heterocycles. The Kier molecular flexibility index (Phi) is 4.49. The van der Waals surface area contributed by atoms with Gasteiger partial charge in [-0.1, -0.05) is 6.07 Å². The third-order valence-electron chi connectivity index (χ3n) is 4.17. The van der Waals surface area contributed by atoms with Crippen molar-refractivity contribution in [3.8, 4) is 11.5 Å². The Hall–Kier alpha value is -2.45. The molecule has 1 saturated carbocycles. The number of carbonyl (C=O) groups excluding carboxylic acids is 1. The molecule has 25 heavy (non-hydrogen) atoms. The van der Waals surface area contributed by atoms with Gasteiger partial charge < -0.3 is 19.9 Å². The van der Waals surface area contributed by atoms with Crippen LogP contribution in [0.4, 0.5) is 13.2 Å². The number of carbonyl (C=O) groups is 2. The van der Waals surface area contributed by atoms with Crippen LogP contribution in [0.2, 0.25) is 0 Å². The molecule has 3 unspecified atom stereocenters. The van der Waals surface area contributed by atoms with Gasteiger partial charge in [-0.25, -0.2) is 4.79 Å². The Bertz CT molecular complexity index is 691. The average molecular weight is 359 g/mol. The van der Waals surface area contributed by atoms with Gasteiger partial charge in [0, 0.05) is 5.92 Å². The maximum Gasteiger partial charge on any atom is 0.391 e. The van der Waals surface area contributed by atoms with Crippen LogP contribution >= 0.6 is 0 Å². The molecule has 2 aliphatic rings. The predicted octanol–water partition coefficient (Wildman–Crippen LogP) is 2.08. The molecule has 9 heteroatoms. The van der Waals surface area contributed by atoms with Gasteiger partial charge in [0.1, 0.15) is 19.3 Å². The number of nitrogens with one attached hydrogen (secondary N) is 1. The van der Waals surface area contributed by atoms with Crippen LogP contribution in [-0.4, -0.2) is 42.4 Å². The van der Waals surface area contributed by atoms with Crippen molar-refractivity contribution in [2.45, 2.75) is 31.0 Å². The van der Waals surface area contributed by atoms with Crippen LogP contribution in [0, 0.1) is 5.92 Å². The lowest BCUT2D eigenvalue weighted by Gasteiger charge is -2.19. The van der Waals surface area contributed by atoms with Gasteiger partial charge in [0.05, 0.1) is 6.42 Å². The Balaban J connectivity index is 1.62. The van der Waals surface area contributed by atoms with Gasteiger partial charge in [-0.15, -0.1) is 0 Å². The van der Waals surface area contributed by atoms with E-state index in [1.807, 2.05) is 5.32 Å². The van der Waals surface area contributed by atoms with Gasteiger partial charge in [-0.2, -0.15) is 13.2 Å². The van der Waals surface area contributed by atoms with Crippen LogP contribution in [0.25, 0.3) is 0 Å². The molecule has 3 atom stereocenters. The van der Waals surface area contributed by atoms with Crippen LogP contribution in [0.1, 0.15) is 24.3 Å². The summed E-state index contributed by atoms with van der Waals surface area (Å²) >= 11 is 0. The molecule has 3 rings (SSSR count). The van der Waals surface area contributed by atoms with Gasteiger partial charge in [0.2, 0.25) is 5.91 Å². The van der Waals surface area contributed by atoms with E-state index in [0.717, 1.165) is 5.56 Å². The zero-order valence-electron chi connectivity index (χ0n) is 13.0. The number of rotatable bonds is 5. The smallest absolute Gasteiger partial charge is 0.391 e. The Morgan fingerprint density at radius 1 is 1.24 bits per heavy atom. The highest BCUT2D eigenvalue weighted by molar-refractivity contribution is 5.87. The minimum atomic E-state index is -4.67. The van der Waals surface area contributed by atoms with E-state index in [9.17, 15) is 22.8 Å². The molecule has 1 fully saturated rings. The van der Waals surface area contributed by atoms with Gasteiger partial charge in [0.25, 0.3) is 0 Å². The molecule has 1 heterocycles. The monoisotopic (exact) mass is 359 g/mol. The molecule has 6 nitrogen and oxygen atoms in total. The summed E-state index contributed by atoms with van der Waals surface area (Å²) in [6, 6.07) is 3.27. The van der Waals surface area contributed by atoms with Crippen molar-refractivity contribution < 1.29 is 37.3 Å². The number of hydrogen-bond donors (Lipinski definition) is 2. The SMILES string of the molecule is O=C(O)C(CC(F)(F)F)NC(=O)C1CC1c1ccc2c(c1)OCCO2. The molecule has 136 valence electrons. The fraction of sp³-hybridized carbons (Fsp3) is 0.500. The van der Waals surface area contributed by atoms with E-state index in [0.29, 0.717) is 31.1 Å². The van der Waals surface area contributed by atoms with Crippen molar-refractivity contribution >= 4 is 11.9 Å². The third-order valence-corrected chi connectivity index (χ3v) is 4.17. The number of carboxylic acid groups (broad SMARTS) is 1. The van der Waals surface area contributed by atoms with Gasteiger partial charge in [0.15, 0.2) is 11.5 Å². The first-order valence-electron chi connectivity index (χ1n) is 7.74. The van der Waals surface area contributed by atoms with Gasteiger partial charge in [-0.05, 0) is 30.0 Å². The summed E-state index contributed by atoms with van der Waals surface area (Å²) in [6.07, 6.45) is -5.82. The number of halogens is 3. The van der Waals surface area contributed by atoms with Crippen LogP contribution < -0.4 is 14.8 Å². The normalized spacial score (nSPS) is 22.8. The van der Waals surface area contributed by atoms with Crippen LogP contribution in [-0.2, 0) is 9.59 Å². The molecule has 0 radical (unpaired) electrons. The number of amides is 1. The minimum Gasteiger partial charge on any atom is -0.486 e. The van der Waals surface area contributed by atoms with Crippen molar-refractivity contribution in [3.63, 3.8) is 0 Å². The third kappa shape index (κ3) is 4.15. The summed E-state index contributed by atoms with van der Waals surface area (Å²) in [5, 5.41) is 10.8. The Morgan fingerprint density at radius 2 is 1.92 bits per heavy atom. The number of benzene rings is 1. The molecular formula is C16H16F3NO5. The fourth-order valence-electron chi connectivity index (χ4n) is 2.85. The minimum absolute atomic E-state index is 0.170. The lowest BCUT2D eigenvalue weighted by atomic mass is 10.1. The van der Waals surface area contributed by atoms with Crippen LogP contribution in [0.3, 0.4) is 0 Å². The van der Waals surface area contributed by atoms with E-state index >= 15 is 0 Å². The second-order valence-electron chi connectivity index (χ2n) is 6.07. The zero-order chi connectivity index (χ0) is 18.2. The number of alkyl halides is 3. The maximum atomic E-state index is 12.4. The van der Waals surface area contributed by atoms with Crippen molar-refractivity contribution in [1.29, 1.82) is 0 Å². The number of hydrogen-bond acceptors (Lipinski definition) is 4. The molecule has 1 aromatic carbocycles. The first-order valence-corrected chi connectivity index (χ1v) is 7.74. The first-order chi connectivity index (χ1) is 11.7.